The Morgan fingerprint density at radius 1 is 1.08 bits per heavy atom. The van der Waals surface area contributed by atoms with Crippen LogP contribution in [0.5, 0.6) is 0 Å². The zero-order valence-corrected chi connectivity index (χ0v) is 20.7. The van der Waals surface area contributed by atoms with Gasteiger partial charge in [0.25, 0.3) is 0 Å². The Morgan fingerprint density at radius 3 is 2.43 bits per heavy atom. The molecule has 0 aliphatic carbocycles. The van der Waals surface area contributed by atoms with E-state index in [1.54, 1.807) is 60.4 Å². The number of hydrogen-bond donors (Lipinski definition) is 1. The van der Waals surface area contributed by atoms with Crippen molar-refractivity contribution < 1.29 is 32.0 Å². The van der Waals surface area contributed by atoms with Crippen molar-refractivity contribution in [3.8, 4) is 22.4 Å². The first-order chi connectivity index (χ1) is 17.8. The molecule has 1 aliphatic heterocycles. The largest absolute Gasteiger partial charge is 0.466 e. The van der Waals surface area contributed by atoms with Gasteiger partial charge in [0.15, 0.2) is 0 Å². The number of halogens is 3. The summed E-state index contributed by atoms with van der Waals surface area (Å²) in [5.41, 5.74) is 1.67. The van der Waals surface area contributed by atoms with Crippen LogP contribution in [0.1, 0.15) is 25.6 Å². The van der Waals surface area contributed by atoms with Gasteiger partial charge in [-0.3, -0.25) is 4.79 Å². The molecule has 2 heterocycles. The number of esters is 1. The highest BCUT2D eigenvalue weighted by Gasteiger charge is 2.38. The Morgan fingerprint density at radius 2 is 1.78 bits per heavy atom. The summed E-state index contributed by atoms with van der Waals surface area (Å²) in [6.45, 7) is 2.70. The SMILES string of the molecule is CCOC(=O)C1CCN(c2nc(C(F)(F)F)nc(-c3cccc(SOON)c3)c2-c2ccccc2)CC1. The van der Waals surface area contributed by atoms with Gasteiger partial charge in [-0.1, -0.05) is 42.5 Å². The maximum atomic E-state index is 14.0. The molecular weight excluding hydrogens is 509 g/mol. The summed E-state index contributed by atoms with van der Waals surface area (Å²) in [7, 11) is 0. The first-order valence-electron chi connectivity index (χ1n) is 11.6. The summed E-state index contributed by atoms with van der Waals surface area (Å²) in [6.07, 6.45) is -3.89. The van der Waals surface area contributed by atoms with Gasteiger partial charge in [-0.15, -0.1) is 9.32 Å². The zero-order chi connectivity index (χ0) is 26.4. The van der Waals surface area contributed by atoms with Crippen molar-refractivity contribution in [2.45, 2.75) is 30.8 Å². The number of hydrogen-bond acceptors (Lipinski definition) is 9. The number of alkyl halides is 3. The van der Waals surface area contributed by atoms with Crippen LogP contribution in [0.15, 0.2) is 59.5 Å². The van der Waals surface area contributed by atoms with Crippen molar-refractivity contribution in [3.05, 3.63) is 60.4 Å². The van der Waals surface area contributed by atoms with E-state index in [9.17, 15) is 18.0 Å². The number of benzene rings is 2. The molecule has 0 radical (unpaired) electrons. The lowest BCUT2D eigenvalue weighted by Crippen LogP contribution is -2.38. The van der Waals surface area contributed by atoms with E-state index in [1.165, 1.54) is 0 Å². The van der Waals surface area contributed by atoms with Crippen LogP contribution in [0.25, 0.3) is 22.4 Å². The van der Waals surface area contributed by atoms with Gasteiger partial charge < -0.3 is 9.64 Å². The molecule has 4 rings (SSSR count). The molecule has 12 heteroatoms. The molecule has 1 aromatic heterocycles. The summed E-state index contributed by atoms with van der Waals surface area (Å²) in [6, 6.07) is 15.7. The molecule has 2 aromatic carbocycles. The first kappa shape index (κ1) is 26.9. The summed E-state index contributed by atoms with van der Waals surface area (Å²) >= 11 is 0.813. The molecular formula is C25H25F3N4O4S. The number of ether oxygens (including phenoxy) is 1. The highest BCUT2D eigenvalue weighted by atomic mass is 32.2. The number of carbonyl (C=O) groups is 1. The highest BCUT2D eigenvalue weighted by Crippen LogP contribution is 2.42. The van der Waals surface area contributed by atoms with Gasteiger partial charge >= 0.3 is 12.1 Å². The fourth-order valence-corrected chi connectivity index (χ4v) is 4.65. The molecule has 0 spiro atoms. The summed E-state index contributed by atoms with van der Waals surface area (Å²) < 4.78 is 51.9. The van der Waals surface area contributed by atoms with Crippen molar-refractivity contribution >= 4 is 23.8 Å². The second-order valence-corrected chi connectivity index (χ2v) is 9.02. The molecule has 1 fully saturated rings. The lowest BCUT2D eigenvalue weighted by atomic mass is 9.95. The molecule has 196 valence electrons. The third kappa shape index (κ3) is 6.39. The lowest BCUT2D eigenvalue weighted by Gasteiger charge is -2.33. The Balaban J connectivity index is 1.85. The van der Waals surface area contributed by atoms with Gasteiger partial charge in [-0.25, -0.2) is 9.97 Å². The van der Waals surface area contributed by atoms with Gasteiger partial charge in [-0.05, 0) is 37.5 Å². The van der Waals surface area contributed by atoms with E-state index in [0.717, 1.165) is 12.0 Å². The Kier molecular flexibility index (Phi) is 8.64. The van der Waals surface area contributed by atoms with Crippen LogP contribution in [0.2, 0.25) is 0 Å². The minimum absolute atomic E-state index is 0.118. The number of aromatic nitrogens is 2. The van der Waals surface area contributed by atoms with Crippen LogP contribution in [0.3, 0.4) is 0 Å². The predicted octanol–water partition coefficient (Wildman–Crippen LogP) is 5.44. The minimum Gasteiger partial charge on any atom is -0.466 e. The lowest BCUT2D eigenvalue weighted by molar-refractivity contribution is -0.195. The van der Waals surface area contributed by atoms with Crippen molar-refractivity contribution in [3.63, 3.8) is 0 Å². The van der Waals surface area contributed by atoms with Crippen LogP contribution in [-0.2, 0) is 25.0 Å². The second-order valence-electron chi connectivity index (χ2n) is 8.25. The second kappa shape index (κ2) is 11.9. The van der Waals surface area contributed by atoms with Gasteiger partial charge in [-0.2, -0.15) is 19.1 Å². The maximum Gasteiger partial charge on any atom is 0.451 e. The van der Waals surface area contributed by atoms with Crippen LogP contribution >= 0.6 is 12.0 Å². The highest BCUT2D eigenvalue weighted by molar-refractivity contribution is 7.94. The van der Waals surface area contributed by atoms with Gasteiger partial charge in [0, 0.05) is 23.5 Å². The monoisotopic (exact) mass is 534 g/mol. The van der Waals surface area contributed by atoms with E-state index in [0.29, 0.717) is 47.5 Å². The molecule has 37 heavy (non-hydrogen) atoms. The van der Waals surface area contributed by atoms with Crippen LogP contribution < -0.4 is 10.8 Å². The molecule has 8 nitrogen and oxygen atoms in total. The van der Waals surface area contributed by atoms with Crippen LogP contribution in [0, 0.1) is 5.92 Å². The summed E-state index contributed by atoms with van der Waals surface area (Å²) in [5, 5.41) is 0. The molecule has 2 N–H and O–H groups in total. The Hall–Kier alpha value is -3.19. The molecule has 0 unspecified atom stereocenters. The molecule has 0 bridgehead atoms. The van der Waals surface area contributed by atoms with Gasteiger partial charge in [0.05, 0.1) is 35.8 Å². The van der Waals surface area contributed by atoms with Gasteiger partial charge in [0.1, 0.15) is 5.82 Å². The minimum atomic E-state index is -4.77. The smallest absolute Gasteiger partial charge is 0.451 e. The molecule has 1 aliphatic rings. The number of carbonyl (C=O) groups excluding carboxylic acids is 1. The first-order valence-corrected chi connectivity index (χ1v) is 12.3. The predicted molar refractivity (Wildman–Crippen MR) is 132 cm³/mol. The molecule has 1 saturated heterocycles. The maximum absolute atomic E-state index is 14.0. The third-order valence-corrected chi connectivity index (χ3v) is 6.49. The van der Waals surface area contributed by atoms with E-state index < -0.39 is 12.0 Å². The van der Waals surface area contributed by atoms with E-state index in [2.05, 4.69) is 15.0 Å². The van der Waals surface area contributed by atoms with E-state index in [1.807, 2.05) is 6.07 Å². The topological polar surface area (TPSA) is 99.8 Å². The van der Waals surface area contributed by atoms with Crippen LogP contribution in [-0.4, -0.2) is 35.6 Å². The summed E-state index contributed by atoms with van der Waals surface area (Å²) in [4.78, 5) is 26.7. The zero-order valence-electron chi connectivity index (χ0n) is 19.9. The average molecular weight is 535 g/mol. The van der Waals surface area contributed by atoms with Crippen molar-refractivity contribution in [2.24, 2.45) is 11.8 Å². The number of rotatable bonds is 8. The number of nitrogens with two attached hydrogens (primary N) is 1. The number of piperidine rings is 1. The Labute approximate surface area is 216 Å². The van der Waals surface area contributed by atoms with E-state index in [4.69, 9.17) is 15.0 Å². The molecule has 0 atom stereocenters. The van der Waals surface area contributed by atoms with Crippen molar-refractivity contribution in [1.82, 2.24) is 9.97 Å². The quantitative estimate of drug-likeness (QED) is 0.175. The van der Waals surface area contributed by atoms with Crippen molar-refractivity contribution in [2.75, 3.05) is 24.6 Å². The van der Waals surface area contributed by atoms with Crippen LogP contribution in [0.4, 0.5) is 19.0 Å². The fraction of sp³-hybridized carbons (Fsp3) is 0.320. The van der Waals surface area contributed by atoms with E-state index in [-0.39, 0.29) is 30.0 Å². The standard InChI is InChI=1S/C25H25F3N4O4S/c1-2-34-23(33)17-11-13-32(14-12-17)22-20(16-7-4-3-5-8-16)21(30-24(31-22)25(26,27)28)18-9-6-10-19(15-18)37-36-35-29/h3-10,15,17H,2,11-14,29H2,1H3. The summed E-state index contributed by atoms with van der Waals surface area (Å²) in [5.74, 6) is 3.23. The number of anilines is 1. The average Bonchev–Trinajstić information content (AvgIpc) is 2.91. The third-order valence-electron chi connectivity index (χ3n) is 5.90. The Bertz CT molecular complexity index is 1220. The fourth-order valence-electron chi connectivity index (χ4n) is 4.23. The van der Waals surface area contributed by atoms with E-state index >= 15 is 0 Å². The molecule has 0 amide bonds. The van der Waals surface area contributed by atoms with Gasteiger partial charge in [0.2, 0.25) is 5.82 Å². The normalized spacial score (nSPS) is 14.6. The number of nitrogens with zero attached hydrogens (tertiary/aromatic N) is 3. The molecule has 3 aromatic rings. The van der Waals surface area contributed by atoms with Crippen molar-refractivity contribution in [1.29, 1.82) is 0 Å². The molecule has 0 saturated carbocycles.